The molecule has 0 bridgehead atoms. The third-order valence-corrected chi connectivity index (χ3v) is 5.49. The molecule has 1 saturated heterocycles. The Morgan fingerprint density at radius 1 is 1.23 bits per heavy atom. The minimum absolute atomic E-state index is 0.0184. The van der Waals surface area contributed by atoms with Crippen molar-refractivity contribution in [3.63, 3.8) is 0 Å². The molecule has 2 N–H and O–H groups in total. The van der Waals surface area contributed by atoms with Gasteiger partial charge in [-0.2, -0.15) is 0 Å². The molecule has 0 spiro atoms. The van der Waals surface area contributed by atoms with Crippen LogP contribution < -0.4 is 0 Å². The second kappa shape index (κ2) is 8.44. The third-order valence-electron chi connectivity index (χ3n) is 5.24. The summed E-state index contributed by atoms with van der Waals surface area (Å²) in [7, 11) is 0. The molecule has 1 aliphatic heterocycles. The Hall–Kier alpha value is -1.53. The molecule has 1 aliphatic rings. The fourth-order valence-corrected chi connectivity index (χ4v) is 3.92. The zero-order valence-electron chi connectivity index (χ0n) is 15.1. The monoisotopic (exact) mass is 375 g/mol. The lowest BCUT2D eigenvalue weighted by molar-refractivity contribution is -0.0820. The van der Waals surface area contributed by atoms with Gasteiger partial charge in [-0.1, -0.05) is 24.9 Å². The molecule has 1 fully saturated rings. The van der Waals surface area contributed by atoms with E-state index in [9.17, 15) is 10.2 Å². The van der Waals surface area contributed by atoms with Crippen molar-refractivity contribution in [2.24, 2.45) is 5.41 Å². The second-order valence-electron chi connectivity index (χ2n) is 7.21. The Morgan fingerprint density at radius 3 is 2.54 bits per heavy atom. The molecule has 0 aliphatic carbocycles. The first kappa shape index (κ1) is 19.2. The van der Waals surface area contributed by atoms with Crippen LogP contribution in [0.15, 0.2) is 36.7 Å². The zero-order chi connectivity index (χ0) is 18.6. The summed E-state index contributed by atoms with van der Waals surface area (Å²) in [4.78, 5) is 11.2. The van der Waals surface area contributed by atoms with E-state index in [-0.39, 0.29) is 6.61 Å². The van der Waals surface area contributed by atoms with Gasteiger partial charge in [-0.15, -0.1) is 0 Å². The summed E-state index contributed by atoms with van der Waals surface area (Å²) >= 11 is 5.92. The van der Waals surface area contributed by atoms with Crippen LogP contribution in [0.2, 0.25) is 5.02 Å². The van der Waals surface area contributed by atoms with Crippen LogP contribution in [0, 0.1) is 5.41 Å². The van der Waals surface area contributed by atoms with Gasteiger partial charge in [-0.3, -0.25) is 4.90 Å². The Labute approximate surface area is 159 Å². The number of likely N-dealkylation sites (tertiary alicyclic amines) is 1. The van der Waals surface area contributed by atoms with E-state index < -0.39 is 11.5 Å². The van der Waals surface area contributed by atoms with E-state index in [1.807, 2.05) is 36.7 Å². The summed E-state index contributed by atoms with van der Waals surface area (Å²) < 4.78 is 0. The van der Waals surface area contributed by atoms with Gasteiger partial charge < -0.3 is 10.2 Å². The Bertz CT molecular complexity index is 708. The maximum atomic E-state index is 10.4. The van der Waals surface area contributed by atoms with Crippen LogP contribution in [0.5, 0.6) is 0 Å². The van der Waals surface area contributed by atoms with Crippen LogP contribution in [0.25, 0.3) is 11.4 Å². The highest BCUT2D eigenvalue weighted by Crippen LogP contribution is 2.35. The number of rotatable bonds is 6. The topological polar surface area (TPSA) is 69.5 Å². The van der Waals surface area contributed by atoms with Crippen LogP contribution in [0.4, 0.5) is 0 Å². The Balaban J connectivity index is 1.68. The number of halogens is 1. The van der Waals surface area contributed by atoms with E-state index in [4.69, 9.17) is 11.6 Å². The molecule has 2 heterocycles. The van der Waals surface area contributed by atoms with Crippen molar-refractivity contribution in [2.45, 2.75) is 38.8 Å². The van der Waals surface area contributed by atoms with E-state index in [0.717, 1.165) is 37.1 Å². The number of aliphatic hydroxyl groups is 2. The molecule has 3 rings (SSSR count). The lowest BCUT2D eigenvalue weighted by atomic mass is 9.74. The van der Waals surface area contributed by atoms with Crippen LogP contribution in [0.3, 0.4) is 0 Å². The van der Waals surface area contributed by atoms with Gasteiger partial charge in [0.1, 0.15) is 0 Å². The molecule has 2 aromatic rings. The first-order valence-corrected chi connectivity index (χ1v) is 9.52. The Morgan fingerprint density at radius 2 is 1.92 bits per heavy atom. The molecule has 0 unspecified atom stereocenters. The summed E-state index contributed by atoms with van der Waals surface area (Å²) in [5.41, 5.74) is 1.55. The molecule has 2 atom stereocenters. The first-order valence-electron chi connectivity index (χ1n) is 9.14. The summed E-state index contributed by atoms with van der Waals surface area (Å²) in [6.07, 6.45) is 5.72. The van der Waals surface area contributed by atoms with Crippen LogP contribution >= 0.6 is 11.6 Å². The lowest BCUT2D eigenvalue weighted by Crippen LogP contribution is -2.53. The lowest BCUT2D eigenvalue weighted by Gasteiger charge is -2.45. The number of nitrogens with zero attached hydrogens (tertiary/aromatic N) is 3. The van der Waals surface area contributed by atoms with E-state index in [0.29, 0.717) is 23.8 Å². The number of hydrogen-bond acceptors (Lipinski definition) is 5. The van der Waals surface area contributed by atoms with Crippen molar-refractivity contribution < 1.29 is 10.2 Å². The predicted molar refractivity (Wildman–Crippen MR) is 103 cm³/mol. The van der Waals surface area contributed by atoms with Gasteiger partial charge in [0.2, 0.25) is 0 Å². The SMILES string of the molecule is CCC[C@@]1(CO)CN(Cc2cnc(-c3ccc(Cl)cc3)nc2)CC[C@H]1O. The quantitative estimate of drug-likeness (QED) is 0.811. The van der Waals surface area contributed by atoms with Gasteiger partial charge in [-0.25, -0.2) is 9.97 Å². The van der Waals surface area contributed by atoms with Gasteiger partial charge in [0.15, 0.2) is 5.82 Å². The van der Waals surface area contributed by atoms with E-state index in [1.165, 1.54) is 0 Å². The van der Waals surface area contributed by atoms with Crippen LogP contribution in [0.1, 0.15) is 31.7 Å². The van der Waals surface area contributed by atoms with Gasteiger partial charge >= 0.3 is 0 Å². The fourth-order valence-electron chi connectivity index (χ4n) is 3.80. The smallest absolute Gasteiger partial charge is 0.159 e. The molecule has 6 heteroatoms. The standard InChI is InChI=1S/C20H26ClN3O2/c1-2-8-20(14-25)13-24(9-7-18(20)26)12-15-10-22-19(23-11-15)16-3-5-17(21)6-4-16/h3-6,10-11,18,25-26H,2,7-9,12-14H2,1H3/t18-,20+/m1/s1. The van der Waals surface area contributed by atoms with Crippen molar-refractivity contribution in [1.29, 1.82) is 0 Å². The van der Waals surface area contributed by atoms with Crippen LogP contribution in [-0.4, -0.2) is 50.9 Å². The largest absolute Gasteiger partial charge is 0.396 e. The van der Waals surface area contributed by atoms with Gasteiger partial charge in [0.05, 0.1) is 12.7 Å². The molecule has 140 valence electrons. The van der Waals surface area contributed by atoms with Gasteiger partial charge in [0.25, 0.3) is 0 Å². The zero-order valence-corrected chi connectivity index (χ0v) is 15.9. The fraction of sp³-hybridized carbons (Fsp3) is 0.500. The number of piperidine rings is 1. The molecule has 1 aromatic carbocycles. The average molecular weight is 376 g/mol. The van der Waals surface area contributed by atoms with Crippen molar-refractivity contribution in [2.75, 3.05) is 19.7 Å². The van der Waals surface area contributed by atoms with E-state index in [1.54, 1.807) is 0 Å². The van der Waals surface area contributed by atoms with E-state index in [2.05, 4.69) is 21.8 Å². The molecule has 1 aromatic heterocycles. The first-order chi connectivity index (χ1) is 12.6. The van der Waals surface area contributed by atoms with Gasteiger partial charge in [-0.05, 0) is 37.1 Å². The summed E-state index contributed by atoms with van der Waals surface area (Å²) in [5, 5.41) is 21.0. The van der Waals surface area contributed by atoms with Crippen molar-refractivity contribution in [1.82, 2.24) is 14.9 Å². The van der Waals surface area contributed by atoms with Crippen LogP contribution in [-0.2, 0) is 6.54 Å². The van der Waals surface area contributed by atoms with Crippen molar-refractivity contribution >= 4 is 11.6 Å². The number of aliphatic hydroxyl groups excluding tert-OH is 2. The third kappa shape index (κ3) is 4.23. The van der Waals surface area contributed by atoms with Crippen molar-refractivity contribution in [3.05, 3.63) is 47.2 Å². The number of aromatic nitrogens is 2. The Kier molecular flexibility index (Phi) is 6.24. The highest BCUT2D eigenvalue weighted by atomic mass is 35.5. The summed E-state index contributed by atoms with van der Waals surface area (Å²) in [6.45, 7) is 4.33. The second-order valence-corrected chi connectivity index (χ2v) is 7.64. The van der Waals surface area contributed by atoms with Gasteiger partial charge in [0, 0.05) is 53.6 Å². The maximum Gasteiger partial charge on any atom is 0.159 e. The van der Waals surface area contributed by atoms with E-state index >= 15 is 0 Å². The number of benzene rings is 1. The highest BCUT2D eigenvalue weighted by Gasteiger charge is 2.41. The minimum atomic E-state index is -0.438. The highest BCUT2D eigenvalue weighted by molar-refractivity contribution is 6.30. The minimum Gasteiger partial charge on any atom is -0.396 e. The molecule has 0 saturated carbocycles. The molecular weight excluding hydrogens is 350 g/mol. The molecule has 26 heavy (non-hydrogen) atoms. The molecular formula is C20H26ClN3O2. The summed E-state index contributed by atoms with van der Waals surface area (Å²) in [6, 6.07) is 7.47. The average Bonchev–Trinajstić information content (AvgIpc) is 2.66. The molecule has 0 amide bonds. The summed E-state index contributed by atoms with van der Waals surface area (Å²) in [5.74, 6) is 0.676. The van der Waals surface area contributed by atoms with Crippen molar-refractivity contribution in [3.8, 4) is 11.4 Å². The molecule has 5 nitrogen and oxygen atoms in total. The maximum absolute atomic E-state index is 10.4. The normalized spacial score (nSPS) is 23.9. The predicted octanol–water partition coefficient (Wildman–Crippen LogP) is 3.14. The number of hydrogen-bond donors (Lipinski definition) is 2. The molecule has 0 radical (unpaired) electrons.